The Kier molecular flexibility index (Phi) is 13.5. The number of nitrogens with zero attached hydrogens (tertiary/aromatic N) is 6. The number of nitrogens with one attached hydrogen (secondary N) is 1. The van der Waals surface area contributed by atoms with Crippen molar-refractivity contribution in [3.05, 3.63) is 66.5 Å². The number of fused-ring (bicyclic) bond motifs is 6. The largest absolute Gasteiger partial charge is 0.481 e. The molecule has 1 atom stereocenters. The molecule has 0 aliphatic carbocycles. The van der Waals surface area contributed by atoms with Crippen LogP contribution >= 0.6 is 11.9 Å². The van der Waals surface area contributed by atoms with Gasteiger partial charge in [-0.3, -0.25) is 4.79 Å². The number of alkyl halides is 3. The lowest BCUT2D eigenvalue weighted by Crippen LogP contribution is -2.37. The van der Waals surface area contributed by atoms with Gasteiger partial charge < -0.3 is 19.5 Å². The van der Waals surface area contributed by atoms with Gasteiger partial charge in [0.2, 0.25) is 5.88 Å². The number of pyridine rings is 1. The molecular weight excluding hydrogens is 668 g/mol. The number of carboxylic acids is 1. The van der Waals surface area contributed by atoms with E-state index in [-0.39, 0.29) is 5.88 Å². The highest BCUT2D eigenvalue weighted by molar-refractivity contribution is 8.00. The van der Waals surface area contributed by atoms with Gasteiger partial charge in [0.15, 0.2) is 11.6 Å². The molecule has 10 nitrogen and oxygen atoms in total. The van der Waals surface area contributed by atoms with Crippen molar-refractivity contribution in [2.24, 2.45) is 11.3 Å². The minimum atomic E-state index is -4.42. The molecule has 1 unspecified atom stereocenters. The van der Waals surface area contributed by atoms with Crippen LogP contribution in [0.4, 0.5) is 24.8 Å². The number of benzene rings is 1. The molecule has 1 aliphatic heterocycles. The van der Waals surface area contributed by atoms with Crippen molar-refractivity contribution in [2.45, 2.75) is 84.3 Å². The van der Waals surface area contributed by atoms with Gasteiger partial charge in [-0.15, -0.1) is 5.10 Å². The van der Waals surface area contributed by atoms with E-state index in [2.05, 4.69) is 34.7 Å². The van der Waals surface area contributed by atoms with Gasteiger partial charge in [-0.05, 0) is 50.8 Å². The number of carbonyl (C=O) groups is 1. The van der Waals surface area contributed by atoms with Crippen LogP contribution in [0.3, 0.4) is 0 Å². The highest BCUT2D eigenvalue weighted by Gasteiger charge is 2.48. The van der Waals surface area contributed by atoms with E-state index in [0.717, 1.165) is 57.1 Å². The minimum absolute atomic E-state index is 0.0457. The van der Waals surface area contributed by atoms with E-state index in [4.69, 9.17) is 14.7 Å². The van der Waals surface area contributed by atoms with Gasteiger partial charge >= 0.3 is 12.1 Å². The van der Waals surface area contributed by atoms with E-state index in [0.29, 0.717) is 41.3 Å². The van der Waals surface area contributed by atoms with Crippen LogP contribution in [-0.2, 0) is 11.2 Å². The van der Waals surface area contributed by atoms with Crippen molar-refractivity contribution in [1.82, 2.24) is 24.7 Å². The van der Waals surface area contributed by atoms with E-state index in [1.807, 2.05) is 41.3 Å². The summed E-state index contributed by atoms with van der Waals surface area (Å²) in [6.07, 6.45) is 4.55. The molecule has 3 aromatic heterocycles. The van der Waals surface area contributed by atoms with Crippen molar-refractivity contribution in [3.8, 4) is 23.0 Å². The first-order chi connectivity index (χ1) is 23.8. The Hall–Kier alpha value is -4.33. The van der Waals surface area contributed by atoms with Gasteiger partial charge in [0, 0.05) is 42.9 Å². The number of aromatic nitrogens is 5. The van der Waals surface area contributed by atoms with Crippen LogP contribution in [-0.4, -0.2) is 61.7 Å². The Bertz CT molecular complexity index is 1700. The van der Waals surface area contributed by atoms with E-state index >= 15 is 0 Å². The predicted molar refractivity (Wildman–Crippen MR) is 191 cm³/mol. The first-order valence-electron chi connectivity index (χ1n) is 16.9. The molecule has 50 heavy (non-hydrogen) atoms. The fourth-order valence-corrected chi connectivity index (χ4v) is 5.60. The van der Waals surface area contributed by atoms with Crippen LogP contribution < -0.4 is 14.4 Å². The topological polar surface area (TPSA) is 118 Å². The maximum atomic E-state index is 13.4. The number of hydrogen-bond acceptors (Lipinski definition) is 9. The van der Waals surface area contributed by atoms with E-state index in [9.17, 15) is 23.1 Å². The summed E-state index contributed by atoms with van der Waals surface area (Å²) in [7, 11) is 0. The quantitative estimate of drug-likeness (QED) is 0.180. The Morgan fingerprint density at radius 3 is 2.52 bits per heavy atom. The predicted octanol–water partition coefficient (Wildman–Crippen LogP) is 8.87. The second-order valence-corrected chi connectivity index (χ2v) is 13.8. The summed E-state index contributed by atoms with van der Waals surface area (Å²) in [6.45, 7) is 8.59. The molecular formula is C36H46F3N7O3S. The SMILES string of the molecule is CC(CN1CCCCCCc2ccccc2-c2nc(cnc2-n2ccc(OCC(C)(C)C(F)(F)F)n2)NSc2cccc1n2)C(=O)O.CCC. The molecule has 0 amide bonds. The lowest BCUT2D eigenvalue weighted by Gasteiger charge is -2.26. The minimum Gasteiger partial charge on any atom is -0.481 e. The van der Waals surface area contributed by atoms with Crippen LogP contribution in [0, 0.1) is 11.3 Å². The van der Waals surface area contributed by atoms with Gasteiger partial charge in [-0.25, -0.2) is 19.6 Å². The lowest BCUT2D eigenvalue weighted by molar-refractivity contribution is -0.219. The summed E-state index contributed by atoms with van der Waals surface area (Å²) in [4.78, 5) is 28.1. The molecule has 0 saturated carbocycles. The van der Waals surface area contributed by atoms with Crippen LogP contribution in [0.2, 0.25) is 0 Å². The Morgan fingerprint density at radius 1 is 1.04 bits per heavy atom. The van der Waals surface area contributed by atoms with Crippen molar-refractivity contribution in [2.75, 3.05) is 29.3 Å². The zero-order valence-electron chi connectivity index (χ0n) is 29.2. The van der Waals surface area contributed by atoms with Crippen molar-refractivity contribution in [1.29, 1.82) is 0 Å². The van der Waals surface area contributed by atoms with Crippen molar-refractivity contribution < 1.29 is 27.8 Å². The molecule has 4 aromatic rings. The summed E-state index contributed by atoms with van der Waals surface area (Å²) in [6, 6.07) is 15.1. The normalized spacial score (nSPS) is 14.7. The number of ether oxygens (including phenoxy) is 1. The smallest absolute Gasteiger partial charge is 0.397 e. The first kappa shape index (κ1) is 38.5. The fraction of sp³-hybridized carbons (Fsp3) is 0.472. The van der Waals surface area contributed by atoms with Crippen LogP contribution in [0.1, 0.15) is 72.3 Å². The van der Waals surface area contributed by atoms with Crippen molar-refractivity contribution in [3.63, 3.8) is 0 Å². The van der Waals surface area contributed by atoms with E-state index in [1.165, 1.54) is 29.1 Å². The Labute approximate surface area is 296 Å². The zero-order chi connectivity index (χ0) is 36.3. The number of aryl methyl sites for hydroxylation is 1. The maximum Gasteiger partial charge on any atom is 0.397 e. The maximum absolute atomic E-state index is 13.4. The molecule has 4 bridgehead atoms. The van der Waals surface area contributed by atoms with Gasteiger partial charge in [0.25, 0.3) is 0 Å². The first-order valence-corrected chi connectivity index (χ1v) is 17.7. The third-order valence-electron chi connectivity index (χ3n) is 7.99. The van der Waals surface area contributed by atoms with Crippen molar-refractivity contribution >= 4 is 29.6 Å². The number of aliphatic carboxylic acids is 1. The van der Waals surface area contributed by atoms with E-state index < -0.39 is 30.1 Å². The number of anilines is 2. The third kappa shape index (κ3) is 10.3. The summed E-state index contributed by atoms with van der Waals surface area (Å²) >= 11 is 1.26. The van der Waals surface area contributed by atoms with Crippen LogP contribution in [0.25, 0.3) is 17.1 Å². The van der Waals surface area contributed by atoms with E-state index in [1.54, 1.807) is 19.3 Å². The molecule has 1 aliphatic rings. The molecule has 5 rings (SSSR count). The molecule has 0 radical (unpaired) electrons. The molecule has 0 saturated heterocycles. The number of carboxylic acid groups (broad SMARTS) is 1. The zero-order valence-corrected chi connectivity index (χ0v) is 30.0. The Morgan fingerprint density at radius 2 is 1.78 bits per heavy atom. The van der Waals surface area contributed by atoms with Crippen LogP contribution in [0.5, 0.6) is 5.88 Å². The second-order valence-electron chi connectivity index (χ2n) is 12.9. The molecule has 1 aromatic carbocycles. The third-order valence-corrected chi connectivity index (χ3v) is 8.74. The van der Waals surface area contributed by atoms with Gasteiger partial charge in [-0.1, -0.05) is 70.4 Å². The summed E-state index contributed by atoms with van der Waals surface area (Å²) in [5, 5.41) is 14.6. The molecule has 0 fully saturated rings. The van der Waals surface area contributed by atoms with Gasteiger partial charge in [0.05, 0.1) is 17.5 Å². The lowest BCUT2D eigenvalue weighted by atomic mass is 9.94. The second kappa shape index (κ2) is 17.6. The van der Waals surface area contributed by atoms with Gasteiger partial charge in [-0.2, -0.15) is 13.2 Å². The standard InChI is InChI=1S/C33H38F3N7O3S.C3H8/c1-22(31(44)45)20-42-17-9-5-4-6-11-23-12-7-8-13-24(23)29-30(37-19-25(38-29)41-47-28-15-10-14-26(42)39-28)43-18-16-27(40-43)46-21-32(2,3)33(34,35)36;1-3-2/h7-8,10,12-16,18-19,22H,4-6,9,11,17,20-21H2,1-3H3,(H,38,41)(H,44,45);3H2,1-2H3. The number of hydrogen-bond donors (Lipinski definition) is 2. The average molecular weight is 714 g/mol. The highest BCUT2D eigenvalue weighted by Crippen LogP contribution is 2.38. The van der Waals surface area contributed by atoms with Gasteiger partial charge in [0.1, 0.15) is 23.1 Å². The summed E-state index contributed by atoms with van der Waals surface area (Å²) in [5.74, 6) is 0.226. The van der Waals surface area contributed by atoms with Crippen LogP contribution in [0.15, 0.2) is 66.0 Å². The fourth-order valence-electron chi connectivity index (χ4n) is 5.01. The highest BCUT2D eigenvalue weighted by atomic mass is 32.2. The summed E-state index contributed by atoms with van der Waals surface area (Å²) in [5.41, 5.74) is 0.460. The number of rotatable bonds is 7. The molecule has 4 heterocycles. The molecule has 270 valence electrons. The molecule has 0 spiro atoms. The molecule has 2 N–H and O–H groups in total. The Balaban J connectivity index is 0.00000181. The number of halogens is 3. The average Bonchev–Trinajstić information content (AvgIpc) is 3.56. The monoisotopic (exact) mass is 713 g/mol. The molecule has 14 heteroatoms. The summed E-state index contributed by atoms with van der Waals surface area (Å²) < 4.78 is 50.3.